The van der Waals surface area contributed by atoms with Gasteiger partial charge in [-0.3, -0.25) is 4.79 Å². The number of aromatic nitrogens is 2. The Kier molecular flexibility index (Phi) is 5.12. The summed E-state index contributed by atoms with van der Waals surface area (Å²) in [5.41, 5.74) is 2.81. The number of thiophene rings is 1. The summed E-state index contributed by atoms with van der Waals surface area (Å²) in [5.74, 6) is 1.56. The summed E-state index contributed by atoms with van der Waals surface area (Å²) in [6, 6.07) is 19.3. The van der Waals surface area contributed by atoms with E-state index in [0.29, 0.717) is 11.5 Å². The van der Waals surface area contributed by atoms with E-state index in [1.807, 2.05) is 61.5 Å². The first kappa shape index (κ1) is 18.3. The molecule has 0 aliphatic carbocycles. The number of benzene rings is 2. The molecule has 28 heavy (non-hydrogen) atoms. The summed E-state index contributed by atoms with van der Waals surface area (Å²) in [7, 11) is 0. The highest BCUT2D eigenvalue weighted by atomic mass is 32.1. The van der Waals surface area contributed by atoms with Crippen molar-refractivity contribution in [3.8, 4) is 16.5 Å². The van der Waals surface area contributed by atoms with Gasteiger partial charge in [0.05, 0.1) is 27.4 Å². The molecule has 0 fully saturated rings. The second kappa shape index (κ2) is 7.86. The van der Waals surface area contributed by atoms with Crippen molar-refractivity contribution in [2.75, 3.05) is 11.9 Å². The van der Waals surface area contributed by atoms with Crippen LogP contribution in [0.1, 0.15) is 23.5 Å². The predicted octanol–water partition coefficient (Wildman–Crippen LogP) is 5.44. The summed E-state index contributed by atoms with van der Waals surface area (Å²) in [6.07, 6.45) is 0. The topological polar surface area (TPSA) is 56.1 Å². The lowest BCUT2D eigenvalue weighted by Gasteiger charge is -2.06. The van der Waals surface area contributed by atoms with Crippen LogP contribution in [0.5, 0.6) is 5.75 Å². The van der Waals surface area contributed by atoms with E-state index in [-0.39, 0.29) is 5.91 Å². The van der Waals surface area contributed by atoms with Gasteiger partial charge in [-0.05, 0) is 62.4 Å². The Hall–Kier alpha value is -3.12. The molecule has 0 spiro atoms. The maximum absolute atomic E-state index is 12.6. The van der Waals surface area contributed by atoms with E-state index in [9.17, 15) is 4.79 Å². The van der Waals surface area contributed by atoms with E-state index < -0.39 is 0 Å². The number of carbonyl (C=O) groups is 1. The lowest BCUT2D eigenvalue weighted by atomic mass is 10.3. The van der Waals surface area contributed by atoms with Gasteiger partial charge in [0, 0.05) is 12.2 Å². The van der Waals surface area contributed by atoms with Gasteiger partial charge in [0.25, 0.3) is 5.91 Å². The molecule has 6 heteroatoms. The molecule has 0 saturated carbocycles. The van der Waals surface area contributed by atoms with Crippen LogP contribution in [-0.2, 0) is 6.54 Å². The molecule has 0 aliphatic rings. The molecule has 0 atom stereocenters. The van der Waals surface area contributed by atoms with Crippen LogP contribution in [0.25, 0.3) is 21.7 Å². The molecule has 2 aromatic carbocycles. The van der Waals surface area contributed by atoms with E-state index in [1.54, 1.807) is 0 Å². The van der Waals surface area contributed by atoms with Crippen LogP contribution in [0.15, 0.2) is 60.7 Å². The number of aryl methyl sites for hydroxylation is 1. The normalized spacial score (nSPS) is 10.9. The molecule has 2 aromatic heterocycles. The Bertz CT molecular complexity index is 1110. The minimum absolute atomic E-state index is 0.125. The van der Waals surface area contributed by atoms with Crippen LogP contribution in [0.3, 0.4) is 0 Å². The van der Waals surface area contributed by atoms with Crippen molar-refractivity contribution in [1.29, 1.82) is 0 Å². The van der Waals surface area contributed by atoms with Gasteiger partial charge in [0.15, 0.2) is 5.82 Å². The van der Waals surface area contributed by atoms with Crippen molar-refractivity contribution < 1.29 is 9.53 Å². The summed E-state index contributed by atoms with van der Waals surface area (Å²) in [4.78, 5) is 19.0. The van der Waals surface area contributed by atoms with Gasteiger partial charge in [-0.2, -0.15) is 0 Å². The molecule has 0 unspecified atom stereocenters. The molecule has 1 amide bonds. The van der Waals surface area contributed by atoms with Gasteiger partial charge in [-0.1, -0.05) is 12.1 Å². The Morgan fingerprint density at radius 3 is 2.61 bits per heavy atom. The maximum atomic E-state index is 12.6. The summed E-state index contributed by atoms with van der Waals surface area (Å²) in [5, 5.41) is 2.94. The SMILES string of the molecule is CCOc1ccc(NC(=O)c2ccc(-c3nc4ccccc4n3CC)s2)cc1. The molecule has 0 saturated heterocycles. The first-order chi connectivity index (χ1) is 13.7. The third-order valence-corrected chi connectivity index (χ3v) is 5.52. The number of para-hydroxylation sites is 2. The van der Waals surface area contributed by atoms with E-state index in [4.69, 9.17) is 9.72 Å². The Balaban J connectivity index is 1.56. The van der Waals surface area contributed by atoms with Crippen LogP contribution in [0.4, 0.5) is 5.69 Å². The number of hydrogen-bond donors (Lipinski definition) is 1. The fourth-order valence-corrected chi connectivity index (χ4v) is 4.06. The fraction of sp³-hybridized carbons (Fsp3) is 0.182. The molecule has 0 radical (unpaired) electrons. The van der Waals surface area contributed by atoms with Crippen molar-refractivity contribution in [3.05, 3.63) is 65.5 Å². The Labute approximate surface area is 167 Å². The number of amides is 1. The van der Waals surface area contributed by atoms with Crippen LogP contribution in [0, 0.1) is 0 Å². The fourth-order valence-electron chi connectivity index (χ4n) is 3.16. The number of imidazole rings is 1. The zero-order valence-electron chi connectivity index (χ0n) is 15.8. The molecular formula is C22H21N3O2S. The second-order valence-electron chi connectivity index (χ2n) is 6.24. The first-order valence-electron chi connectivity index (χ1n) is 9.29. The molecule has 4 aromatic rings. The molecule has 142 valence electrons. The van der Waals surface area contributed by atoms with Gasteiger partial charge < -0.3 is 14.6 Å². The third kappa shape index (κ3) is 3.51. The molecular weight excluding hydrogens is 370 g/mol. The highest BCUT2D eigenvalue weighted by Crippen LogP contribution is 2.31. The number of ether oxygens (including phenoxy) is 1. The first-order valence-corrected chi connectivity index (χ1v) is 10.1. The van der Waals surface area contributed by atoms with E-state index >= 15 is 0 Å². The monoisotopic (exact) mass is 391 g/mol. The number of rotatable bonds is 6. The van der Waals surface area contributed by atoms with E-state index in [2.05, 4.69) is 22.9 Å². The van der Waals surface area contributed by atoms with Crippen molar-refractivity contribution in [2.24, 2.45) is 0 Å². The quantitative estimate of drug-likeness (QED) is 0.476. The van der Waals surface area contributed by atoms with Gasteiger partial charge in [0.1, 0.15) is 5.75 Å². The van der Waals surface area contributed by atoms with Crippen LogP contribution < -0.4 is 10.1 Å². The molecule has 4 rings (SSSR count). The van der Waals surface area contributed by atoms with Gasteiger partial charge in [-0.25, -0.2) is 4.98 Å². The molecule has 0 bridgehead atoms. The maximum Gasteiger partial charge on any atom is 0.265 e. The molecule has 1 N–H and O–H groups in total. The van der Waals surface area contributed by atoms with E-state index in [0.717, 1.165) is 39.7 Å². The number of carbonyl (C=O) groups excluding carboxylic acids is 1. The predicted molar refractivity (Wildman–Crippen MR) is 114 cm³/mol. The summed E-state index contributed by atoms with van der Waals surface area (Å²) in [6.45, 7) is 5.48. The minimum atomic E-state index is -0.125. The van der Waals surface area contributed by atoms with Gasteiger partial charge in [0.2, 0.25) is 0 Å². The average molecular weight is 391 g/mol. The zero-order chi connectivity index (χ0) is 19.5. The minimum Gasteiger partial charge on any atom is -0.494 e. The smallest absolute Gasteiger partial charge is 0.265 e. The van der Waals surface area contributed by atoms with Crippen LogP contribution in [0.2, 0.25) is 0 Å². The lowest BCUT2D eigenvalue weighted by molar-refractivity contribution is 0.103. The number of hydrogen-bond acceptors (Lipinski definition) is 4. The molecule has 5 nitrogen and oxygen atoms in total. The number of nitrogens with zero attached hydrogens (tertiary/aromatic N) is 2. The van der Waals surface area contributed by atoms with Crippen LogP contribution >= 0.6 is 11.3 Å². The highest BCUT2D eigenvalue weighted by Gasteiger charge is 2.16. The zero-order valence-corrected chi connectivity index (χ0v) is 16.6. The Morgan fingerprint density at radius 1 is 1.07 bits per heavy atom. The number of nitrogens with one attached hydrogen (secondary N) is 1. The second-order valence-corrected chi connectivity index (χ2v) is 7.33. The van der Waals surface area contributed by atoms with Crippen molar-refractivity contribution in [3.63, 3.8) is 0 Å². The van der Waals surface area contributed by atoms with Crippen molar-refractivity contribution in [2.45, 2.75) is 20.4 Å². The number of anilines is 1. The Morgan fingerprint density at radius 2 is 1.86 bits per heavy atom. The molecule has 2 heterocycles. The van der Waals surface area contributed by atoms with Gasteiger partial charge in [-0.15, -0.1) is 11.3 Å². The van der Waals surface area contributed by atoms with Crippen molar-refractivity contribution in [1.82, 2.24) is 9.55 Å². The van der Waals surface area contributed by atoms with Crippen LogP contribution in [-0.4, -0.2) is 22.1 Å². The molecule has 0 aliphatic heterocycles. The highest BCUT2D eigenvalue weighted by molar-refractivity contribution is 7.17. The summed E-state index contributed by atoms with van der Waals surface area (Å²) >= 11 is 1.45. The summed E-state index contributed by atoms with van der Waals surface area (Å²) < 4.78 is 7.61. The number of fused-ring (bicyclic) bond motifs is 1. The van der Waals surface area contributed by atoms with Crippen molar-refractivity contribution >= 4 is 34.0 Å². The average Bonchev–Trinajstić information content (AvgIpc) is 3.34. The largest absolute Gasteiger partial charge is 0.494 e. The lowest BCUT2D eigenvalue weighted by Crippen LogP contribution is -2.09. The van der Waals surface area contributed by atoms with Gasteiger partial charge >= 0.3 is 0 Å². The van der Waals surface area contributed by atoms with E-state index in [1.165, 1.54) is 11.3 Å². The standard InChI is InChI=1S/C22H21N3O2S/c1-3-25-18-8-6-5-7-17(18)24-21(25)19-13-14-20(28-19)22(26)23-15-9-11-16(12-10-15)27-4-2/h5-14H,3-4H2,1-2H3,(H,23,26). The third-order valence-electron chi connectivity index (χ3n) is 4.44.